The van der Waals surface area contributed by atoms with E-state index in [-0.39, 0.29) is 0 Å². The van der Waals surface area contributed by atoms with Crippen molar-refractivity contribution in [2.45, 2.75) is 39.0 Å². The summed E-state index contributed by atoms with van der Waals surface area (Å²) in [4.78, 5) is 0. The Morgan fingerprint density at radius 1 is 1.12 bits per heavy atom. The molecule has 0 aliphatic heterocycles. The first-order chi connectivity index (χ1) is 7.77. The predicted molar refractivity (Wildman–Crippen MR) is 70.8 cm³/mol. The lowest BCUT2D eigenvalue weighted by atomic mass is 10.0. The Balaban J connectivity index is 2.40. The van der Waals surface area contributed by atoms with Gasteiger partial charge in [0.05, 0.1) is 7.11 Å². The van der Waals surface area contributed by atoms with E-state index in [9.17, 15) is 0 Å². The highest BCUT2D eigenvalue weighted by Gasteiger charge is 1.99. The summed E-state index contributed by atoms with van der Waals surface area (Å²) in [5.41, 5.74) is 2.47. The van der Waals surface area contributed by atoms with Crippen LogP contribution in [0.4, 0.5) is 0 Å². The van der Waals surface area contributed by atoms with Gasteiger partial charge in [0.1, 0.15) is 5.75 Å². The summed E-state index contributed by atoms with van der Waals surface area (Å²) < 4.78 is 5.13. The maximum atomic E-state index is 5.13. The molecule has 16 heavy (non-hydrogen) atoms. The summed E-state index contributed by atoms with van der Waals surface area (Å²) in [6, 6.07) is 8.15. The first-order valence-electron chi connectivity index (χ1n) is 6.10. The van der Waals surface area contributed by atoms with Gasteiger partial charge in [-0.05, 0) is 36.1 Å². The quantitative estimate of drug-likeness (QED) is 0.604. The van der Waals surface area contributed by atoms with Crippen molar-refractivity contribution in [2.75, 3.05) is 7.11 Å². The molecule has 0 aliphatic carbocycles. The SMILES string of the molecule is C=C(CCCCCC)c1ccc(OC)cc1. The molecule has 1 aromatic carbocycles. The molecule has 0 atom stereocenters. The van der Waals surface area contributed by atoms with Crippen LogP contribution in [0.2, 0.25) is 0 Å². The molecule has 0 saturated heterocycles. The van der Waals surface area contributed by atoms with Gasteiger partial charge in [0.2, 0.25) is 0 Å². The molecule has 0 bridgehead atoms. The highest BCUT2D eigenvalue weighted by Crippen LogP contribution is 2.21. The van der Waals surface area contributed by atoms with Crippen LogP contribution in [0.5, 0.6) is 5.75 Å². The number of unbranched alkanes of at least 4 members (excludes halogenated alkanes) is 3. The van der Waals surface area contributed by atoms with Gasteiger partial charge >= 0.3 is 0 Å². The van der Waals surface area contributed by atoms with E-state index < -0.39 is 0 Å². The molecule has 88 valence electrons. The van der Waals surface area contributed by atoms with E-state index in [2.05, 4.69) is 25.6 Å². The summed E-state index contributed by atoms with van der Waals surface area (Å²) in [7, 11) is 1.69. The molecule has 0 aromatic heterocycles. The zero-order valence-corrected chi connectivity index (χ0v) is 10.5. The zero-order valence-electron chi connectivity index (χ0n) is 10.5. The van der Waals surface area contributed by atoms with Gasteiger partial charge in [-0.25, -0.2) is 0 Å². The molecule has 0 spiro atoms. The third-order valence-electron chi connectivity index (χ3n) is 2.83. The van der Waals surface area contributed by atoms with E-state index in [0.717, 1.165) is 12.2 Å². The van der Waals surface area contributed by atoms with E-state index in [0.29, 0.717) is 0 Å². The first-order valence-corrected chi connectivity index (χ1v) is 6.10. The summed E-state index contributed by atoms with van der Waals surface area (Å²) >= 11 is 0. The molecule has 0 heterocycles. The van der Waals surface area contributed by atoms with Crippen LogP contribution in [0, 0.1) is 0 Å². The second kappa shape index (κ2) is 7.10. The van der Waals surface area contributed by atoms with Crippen molar-refractivity contribution >= 4 is 5.57 Å². The Kier molecular flexibility index (Phi) is 5.69. The number of methoxy groups -OCH3 is 1. The number of benzene rings is 1. The van der Waals surface area contributed by atoms with E-state index in [1.165, 1.54) is 36.8 Å². The Morgan fingerprint density at radius 2 is 1.81 bits per heavy atom. The van der Waals surface area contributed by atoms with Crippen LogP contribution in [0.3, 0.4) is 0 Å². The summed E-state index contributed by atoms with van der Waals surface area (Å²) in [6.45, 7) is 6.37. The van der Waals surface area contributed by atoms with Crippen molar-refractivity contribution in [3.63, 3.8) is 0 Å². The van der Waals surface area contributed by atoms with Crippen LogP contribution >= 0.6 is 0 Å². The smallest absolute Gasteiger partial charge is 0.118 e. The van der Waals surface area contributed by atoms with Gasteiger partial charge in [-0.1, -0.05) is 44.9 Å². The van der Waals surface area contributed by atoms with Crippen LogP contribution in [0.15, 0.2) is 30.8 Å². The molecule has 0 amide bonds. The van der Waals surface area contributed by atoms with Crippen molar-refractivity contribution < 1.29 is 4.74 Å². The molecule has 1 rings (SSSR count). The fraction of sp³-hybridized carbons (Fsp3) is 0.467. The van der Waals surface area contributed by atoms with Crippen LogP contribution < -0.4 is 4.74 Å². The minimum Gasteiger partial charge on any atom is -0.497 e. The lowest BCUT2D eigenvalue weighted by Gasteiger charge is -2.06. The van der Waals surface area contributed by atoms with Gasteiger partial charge in [-0.3, -0.25) is 0 Å². The molecular weight excluding hydrogens is 196 g/mol. The molecule has 0 aliphatic rings. The molecule has 0 saturated carbocycles. The van der Waals surface area contributed by atoms with Gasteiger partial charge in [0.25, 0.3) is 0 Å². The third kappa shape index (κ3) is 4.09. The highest BCUT2D eigenvalue weighted by molar-refractivity contribution is 5.63. The largest absolute Gasteiger partial charge is 0.497 e. The van der Waals surface area contributed by atoms with Crippen molar-refractivity contribution in [3.05, 3.63) is 36.4 Å². The fourth-order valence-electron chi connectivity index (χ4n) is 1.74. The van der Waals surface area contributed by atoms with E-state index in [4.69, 9.17) is 4.74 Å². The minimum atomic E-state index is 0.905. The highest BCUT2D eigenvalue weighted by atomic mass is 16.5. The number of rotatable bonds is 7. The van der Waals surface area contributed by atoms with Crippen molar-refractivity contribution in [1.29, 1.82) is 0 Å². The third-order valence-corrected chi connectivity index (χ3v) is 2.83. The molecule has 1 aromatic rings. The van der Waals surface area contributed by atoms with Gasteiger partial charge in [0.15, 0.2) is 0 Å². The number of hydrogen-bond donors (Lipinski definition) is 0. The normalized spacial score (nSPS) is 10.1. The van der Waals surface area contributed by atoms with Crippen molar-refractivity contribution in [1.82, 2.24) is 0 Å². The van der Waals surface area contributed by atoms with Crippen LogP contribution in [-0.4, -0.2) is 7.11 Å². The molecule has 0 unspecified atom stereocenters. The monoisotopic (exact) mass is 218 g/mol. The van der Waals surface area contributed by atoms with Gasteiger partial charge in [0, 0.05) is 0 Å². The second-order valence-corrected chi connectivity index (χ2v) is 4.14. The molecule has 0 fully saturated rings. The van der Waals surface area contributed by atoms with Crippen LogP contribution in [0.25, 0.3) is 5.57 Å². The number of ether oxygens (including phenoxy) is 1. The fourth-order valence-corrected chi connectivity index (χ4v) is 1.74. The van der Waals surface area contributed by atoms with Gasteiger partial charge < -0.3 is 4.74 Å². The maximum Gasteiger partial charge on any atom is 0.118 e. The number of hydrogen-bond acceptors (Lipinski definition) is 1. The maximum absolute atomic E-state index is 5.13. The van der Waals surface area contributed by atoms with Gasteiger partial charge in [-0.2, -0.15) is 0 Å². The predicted octanol–water partition coefficient (Wildman–Crippen LogP) is 4.68. The van der Waals surface area contributed by atoms with Crippen LogP contribution in [0.1, 0.15) is 44.6 Å². The van der Waals surface area contributed by atoms with E-state index >= 15 is 0 Å². The Hall–Kier alpha value is -1.24. The Morgan fingerprint density at radius 3 is 2.38 bits per heavy atom. The lowest BCUT2D eigenvalue weighted by Crippen LogP contribution is -1.86. The topological polar surface area (TPSA) is 9.23 Å². The zero-order chi connectivity index (χ0) is 11.8. The van der Waals surface area contributed by atoms with Crippen LogP contribution in [-0.2, 0) is 0 Å². The Bertz CT molecular complexity index is 311. The first kappa shape index (κ1) is 12.8. The molecular formula is C15H22O. The van der Waals surface area contributed by atoms with Crippen molar-refractivity contribution in [3.8, 4) is 5.75 Å². The summed E-state index contributed by atoms with van der Waals surface area (Å²) in [5, 5.41) is 0. The summed E-state index contributed by atoms with van der Waals surface area (Å²) in [5.74, 6) is 0.905. The van der Waals surface area contributed by atoms with Gasteiger partial charge in [-0.15, -0.1) is 0 Å². The molecule has 0 radical (unpaired) electrons. The molecule has 1 heteroatoms. The lowest BCUT2D eigenvalue weighted by molar-refractivity contribution is 0.415. The second-order valence-electron chi connectivity index (χ2n) is 4.14. The number of allylic oxidation sites excluding steroid dienone is 1. The van der Waals surface area contributed by atoms with Crippen molar-refractivity contribution in [2.24, 2.45) is 0 Å². The van der Waals surface area contributed by atoms with E-state index in [1.54, 1.807) is 7.11 Å². The summed E-state index contributed by atoms with van der Waals surface area (Å²) in [6.07, 6.45) is 6.28. The standard InChI is InChI=1S/C15H22O/c1-4-5-6-7-8-13(2)14-9-11-15(16-3)12-10-14/h9-12H,2,4-8H2,1,3H3. The Labute approximate surface area is 99.1 Å². The average molecular weight is 218 g/mol. The minimum absolute atomic E-state index is 0.905. The average Bonchev–Trinajstić information content (AvgIpc) is 2.34. The molecule has 1 nitrogen and oxygen atoms in total. The van der Waals surface area contributed by atoms with E-state index in [1.807, 2.05) is 12.1 Å². The molecule has 0 N–H and O–H groups in total.